The smallest absolute Gasteiger partial charge is 1.00 e. The van der Waals surface area contributed by atoms with E-state index >= 15 is 0 Å². The number of nitrogens with two attached hydrogens (primary N) is 1. The number of benzene rings is 2. The molecule has 106 valence electrons. The molecule has 0 aliphatic rings. The molecule has 0 spiro atoms. The summed E-state index contributed by atoms with van der Waals surface area (Å²) in [5.74, 6) is -1.20. The van der Waals surface area contributed by atoms with Crippen LogP contribution in [-0.2, 0) is 11.2 Å². The summed E-state index contributed by atoms with van der Waals surface area (Å²) in [4.78, 5) is 23.1. The maximum atomic E-state index is 12.4. The van der Waals surface area contributed by atoms with Gasteiger partial charge in [0.05, 0.1) is 6.42 Å². The Bertz CT molecular complexity index is 681. The van der Waals surface area contributed by atoms with Gasteiger partial charge in [-0.1, -0.05) is 28.1 Å². The molecule has 2 aromatic rings. The maximum Gasteiger partial charge on any atom is 2.00 e. The van der Waals surface area contributed by atoms with Gasteiger partial charge in [-0.25, -0.2) is 0 Å². The van der Waals surface area contributed by atoms with Gasteiger partial charge in [0, 0.05) is 21.3 Å². The number of hydrogen-bond acceptors (Lipinski definition) is 3. The molecule has 0 unspecified atom stereocenters. The third-order valence-corrected chi connectivity index (χ3v) is 3.42. The van der Waals surface area contributed by atoms with Gasteiger partial charge in [0.1, 0.15) is 0 Å². The van der Waals surface area contributed by atoms with Crippen molar-refractivity contribution in [3.8, 4) is 0 Å². The number of carboxylic acids is 1. The van der Waals surface area contributed by atoms with Crippen molar-refractivity contribution in [3.63, 3.8) is 0 Å². The van der Waals surface area contributed by atoms with Gasteiger partial charge in [-0.05, 0) is 35.9 Å². The standard InChI is InChI=1S/C15H12BrNO3.Ca.2H/c16-11-6-4-9(5-7-11)15(20)12-3-1-2-10(14(12)17)8-13(18)19;;;/h1-7H,8,17H2,(H,18,19);;;/q;+2;2*-1. The van der Waals surface area contributed by atoms with Crippen LogP contribution < -0.4 is 5.73 Å². The Hall–Kier alpha value is -0.880. The fraction of sp³-hybridized carbons (Fsp3) is 0.0667. The molecule has 0 radical (unpaired) electrons. The van der Waals surface area contributed by atoms with Crippen LogP contribution in [0.2, 0.25) is 0 Å². The number of anilines is 1. The molecule has 0 bridgehead atoms. The molecule has 0 aromatic heterocycles. The number of nitrogen functional groups attached to an aromatic ring is 1. The van der Waals surface area contributed by atoms with E-state index in [-0.39, 0.29) is 58.5 Å². The molecular formula is C15H14BrCaNO3. The molecule has 4 nitrogen and oxygen atoms in total. The van der Waals surface area contributed by atoms with Crippen molar-refractivity contribution in [1.29, 1.82) is 0 Å². The molecule has 0 saturated carbocycles. The second kappa shape index (κ2) is 7.94. The number of halogens is 1. The molecule has 0 atom stereocenters. The number of carboxylic acid groups (broad SMARTS) is 1. The quantitative estimate of drug-likeness (QED) is 0.489. The monoisotopic (exact) mass is 375 g/mol. The predicted octanol–water partition coefficient (Wildman–Crippen LogP) is 2.73. The number of carbonyl (C=O) groups is 2. The van der Waals surface area contributed by atoms with Crippen molar-refractivity contribution in [2.75, 3.05) is 5.73 Å². The van der Waals surface area contributed by atoms with Gasteiger partial charge in [0.15, 0.2) is 5.78 Å². The van der Waals surface area contributed by atoms with Crippen LogP contribution in [-0.4, -0.2) is 54.6 Å². The first-order valence-electron chi connectivity index (χ1n) is 5.88. The average molecular weight is 376 g/mol. The van der Waals surface area contributed by atoms with Gasteiger partial charge < -0.3 is 13.7 Å². The molecule has 21 heavy (non-hydrogen) atoms. The average Bonchev–Trinajstić information content (AvgIpc) is 2.41. The zero-order valence-electron chi connectivity index (χ0n) is 13.2. The first kappa shape index (κ1) is 18.2. The molecule has 2 rings (SSSR count). The minimum Gasteiger partial charge on any atom is -1.00 e. The summed E-state index contributed by atoms with van der Waals surface area (Å²) >= 11 is 3.30. The van der Waals surface area contributed by atoms with E-state index in [9.17, 15) is 9.59 Å². The Balaban J connectivity index is 0. The number of aliphatic carboxylic acids is 1. The number of carbonyl (C=O) groups excluding carboxylic acids is 1. The van der Waals surface area contributed by atoms with E-state index in [2.05, 4.69) is 15.9 Å². The molecule has 6 heteroatoms. The molecule has 0 aliphatic heterocycles. The Kier molecular flexibility index (Phi) is 6.87. The minimum atomic E-state index is -0.982. The van der Waals surface area contributed by atoms with E-state index in [1.807, 2.05) is 0 Å². The molecule has 0 aliphatic carbocycles. The van der Waals surface area contributed by atoms with Crippen LogP contribution in [0.4, 0.5) is 5.69 Å². The van der Waals surface area contributed by atoms with Crippen molar-refractivity contribution in [1.82, 2.24) is 0 Å². The molecular weight excluding hydrogens is 362 g/mol. The molecule has 0 heterocycles. The van der Waals surface area contributed by atoms with E-state index in [0.29, 0.717) is 16.7 Å². The van der Waals surface area contributed by atoms with Crippen LogP contribution >= 0.6 is 15.9 Å². The van der Waals surface area contributed by atoms with Gasteiger partial charge in [0.25, 0.3) is 0 Å². The van der Waals surface area contributed by atoms with E-state index in [0.717, 1.165) is 4.47 Å². The van der Waals surface area contributed by atoms with Crippen molar-refractivity contribution in [3.05, 3.63) is 63.6 Å². The largest absolute Gasteiger partial charge is 2.00 e. The van der Waals surface area contributed by atoms with E-state index in [1.165, 1.54) is 0 Å². The van der Waals surface area contributed by atoms with Crippen molar-refractivity contribution in [2.24, 2.45) is 0 Å². The number of para-hydroxylation sites is 1. The summed E-state index contributed by atoms with van der Waals surface area (Å²) in [5, 5.41) is 8.82. The second-order valence-corrected chi connectivity index (χ2v) is 5.20. The van der Waals surface area contributed by atoms with E-state index < -0.39 is 5.97 Å². The van der Waals surface area contributed by atoms with Gasteiger partial charge >= 0.3 is 43.7 Å². The number of hydrogen-bond donors (Lipinski definition) is 2. The fourth-order valence-electron chi connectivity index (χ4n) is 1.88. The molecule has 0 amide bonds. The summed E-state index contributed by atoms with van der Waals surface area (Å²) < 4.78 is 0.877. The van der Waals surface area contributed by atoms with Crippen LogP contribution in [0.1, 0.15) is 24.3 Å². The molecule has 3 N–H and O–H groups in total. The summed E-state index contributed by atoms with van der Waals surface area (Å²) in [6, 6.07) is 11.8. The van der Waals surface area contributed by atoms with Crippen LogP contribution in [0.25, 0.3) is 0 Å². The minimum absolute atomic E-state index is 0. The third kappa shape index (κ3) is 4.54. The van der Waals surface area contributed by atoms with Gasteiger partial charge in [0.2, 0.25) is 0 Å². The first-order valence-corrected chi connectivity index (χ1v) is 6.68. The van der Waals surface area contributed by atoms with Gasteiger partial charge in [-0.2, -0.15) is 0 Å². The zero-order valence-corrected chi connectivity index (χ0v) is 15.0. The van der Waals surface area contributed by atoms with Crippen LogP contribution in [0.3, 0.4) is 0 Å². The van der Waals surface area contributed by atoms with E-state index in [1.54, 1.807) is 42.5 Å². The Morgan fingerprint density at radius 1 is 1.14 bits per heavy atom. The summed E-state index contributed by atoms with van der Waals surface area (Å²) in [5.41, 5.74) is 7.41. The van der Waals surface area contributed by atoms with E-state index in [4.69, 9.17) is 10.8 Å². The van der Waals surface area contributed by atoms with Crippen LogP contribution in [0.15, 0.2) is 46.9 Å². The number of ketones is 1. The fourth-order valence-corrected chi connectivity index (χ4v) is 2.15. The topological polar surface area (TPSA) is 80.4 Å². The predicted molar refractivity (Wildman–Crippen MR) is 87.7 cm³/mol. The number of rotatable bonds is 4. The molecule has 0 fully saturated rings. The van der Waals surface area contributed by atoms with Crippen molar-refractivity contribution in [2.45, 2.75) is 6.42 Å². The van der Waals surface area contributed by atoms with Crippen LogP contribution in [0.5, 0.6) is 0 Å². The summed E-state index contributed by atoms with van der Waals surface area (Å²) in [6.07, 6.45) is -0.201. The zero-order chi connectivity index (χ0) is 14.7. The summed E-state index contributed by atoms with van der Waals surface area (Å²) in [6.45, 7) is 0. The third-order valence-electron chi connectivity index (χ3n) is 2.89. The molecule has 2 aromatic carbocycles. The van der Waals surface area contributed by atoms with Gasteiger partial charge in [-0.3, -0.25) is 9.59 Å². The van der Waals surface area contributed by atoms with Crippen molar-refractivity contribution >= 4 is 71.1 Å². The Labute approximate surface area is 163 Å². The first-order chi connectivity index (χ1) is 9.49. The maximum absolute atomic E-state index is 12.4. The summed E-state index contributed by atoms with van der Waals surface area (Å²) in [7, 11) is 0. The normalized spacial score (nSPS) is 9.76. The molecule has 0 saturated heterocycles. The van der Waals surface area contributed by atoms with Crippen LogP contribution in [0, 0.1) is 0 Å². The second-order valence-electron chi connectivity index (χ2n) is 4.28. The van der Waals surface area contributed by atoms with Crippen molar-refractivity contribution < 1.29 is 17.5 Å². The van der Waals surface area contributed by atoms with Gasteiger partial charge in [-0.15, -0.1) is 0 Å². The Morgan fingerprint density at radius 2 is 1.76 bits per heavy atom. The SMILES string of the molecule is Nc1c(CC(=O)O)cccc1C(=O)c1ccc(Br)cc1.[Ca+2].[H-].[H-]. The Morgan fingerprint density at radius 3 is 2.33 bits per heavy atom.